The van der Waals surface area contributed by atoms with E-state index in [2.05, 4.69) is 9.97 Å². The third-order valence-corrected chi connectivity index (χ3v) is 2.91. The van der Waals surface area contributed by atoms with Crippen LogP contribution in [0.15, 0.2) is 30.5 Å². The van der Waals surface area contributed by atoms with Crippen molar-refractivity contribution in [2.24, 2.45) is 0 Å². The van der Waals surface area contributed by atoms with E-state index < -0.39 is 5.97 Å². The van der Waals surface area contributed by atoms with Crippen molar-refractivity contribution in [3.05, 3.63) is 58.1 Å². The average molecular weight is 291 g/mol. The average Bonchev–Trinajstić information content (AvgIpc) is 2.38. The van der Waals surface area contributed by atoms with Crippen molar-refractivity contribution in [1.82, 2.24) is 9.97 Å². The van der Waals surface area contributed by atoms with Crippen molar-refractivity contribution in [2.45, 2.75) is 13.3 Å². The zero-order chi connectivity index (χ0) is 14.7. The first-order valence-electron chi connectivity index (χ1n) is 5.82. The molecule has 0 spiro atoms. The highest BCUT2D eigenvalue weighted by atomic mass is 35.5. The molecule has 1 N–H and O–H groups in total. The van der Waals surface area contributed by atoms with E-state index in [9.17, 15) is 9.59 Å². The number of carboxylic acids is 1. The van der Waals surface area contributed by atoms with Gasteiger partial charge in [-0.15, -0.1) is 0 Å². The van der Waals surface area contributed by atoms with Crippen LogP contribution >= 0.6 is 11.6 Å². The second-order valence-electron chi connectivity index (χ2n) is 4.22. The van der Waals surface area contributed by atoms with Crippen LogP contribution in [0.2, 0.25) is 5.02 Å². The Balaban J connectivity index is 2.36. The molecular formula is C14H11ClN2O3. The number of carbonyl (C=O) groups is 2. The Morgan fingerprint density at radius 3 is 2.70 bits per heavy atom. The summed E-state index contributed by atoms with van der Waals surface area (Å²) >= 11 is 5.88. The summed E-state index contributed by atoms with van der Waals surface area (Å²) in [7, 11) is 0. The van der Waals surface area contributed by atoms with Gasteiger partial charge in [-0.1, -0.05) is 23.7 Å². The Morgan fingerprint density at radius 2 is 2.10 bits per heavy atom. The Labute approximate surface area is 120 Å². The molecule has 6 heteroatoms. The van der Waals surface area contributed by atoms with Crippen LogP contribution in [0.4, 0.5) is 0 Å². The topological polar surface area (TPSA) is 80.2 Å². The molecule has 0 aliphatic rings. The molecule has 1 aromatic heterocycles. The molecule has 0 bridgehead atoms. The number of carboxylic acid groups (broad SMARTS) is 1. The molecule has 1 aromatic carbocycles. The Kier molecular flexibility index (Phi) is 4.10. The molecule has 20 heavy (non-hydrogen) atoms. The first-order valence-corrected chi connectivity index (χ1v) is 6.19. The van der Waals surface area contributed by atoms with Crippen LogP contribution in [0.1, 0.15) is 39.2 Å². The second kappa shape index (κ2) is 5.79. The minimum Gasteiger partial charge on any atom is -0.476 e. The SMILES string of the molecule is CC(=O)c1cnc(Cc2cccc(Cl)c2)nc1C(=O)O. The first kappa shape index (κ1) is 14.1. The van der Waals surface area contributed by atoms with Crippen molar-refractivity contribution in [2.75, 3.05) is 0 Å². The fourth-order valence-corrected chi connectivity index (χ4v) is 1.97. The summed E-state index contributed by atoms with van der Waals surface area (Å²) in [5.41, 5.74) is 0.598. The zero-order valence-electron chi connectivity index (χ0n) is 10.6. The van der Waals surface area contributed by atoms with Crippen LogP contribution in [0, 0.1) is 0 Å². The monoisotopic (exact) mass is 290 g/mol. The Bertz CT molecular complexity index is 686. The van der Waals surface area contributed by atoms with Gasteiger partial charge in [-0.25, -0.2) is 14.8 Å². The third kappa shape index (κ3) is 3.19. The molecule has 2 rings (SSSR count). The fraction of sp³-hybridized carbons (Fsp3) is 0.143. The molecule has 0 fully saturated rings. The van der Waals surface area contributed by atoms with Crippen LogP contribution in [-0.4, -0.2) is 26.8 Å². The van der Waals surface area contributed by atoms with Crippen LogP contribution in [0.25, 0.3) is 0 Å². The van der Waals surface area contributed by atoms with Gasteiger partial charge in [0, 0.05) is 17.6 Å². The van der Waals surface area contributed by atoms with Gasteiger partial charge in [-0.05, 0) is 24.6 Å². The molecule has 0 amide bonds. The lowest BCUT2D eigenvalue weighted by atomic mass is 10.1. The van der Waals surface area contributed by atoms with E-state index >= 15 is 0 Å². The summed E-state index contributed by atoms with van der Waals surface area (Å²) in [6, 6.07) is 7.13. The van der Waals surface area contributed by atoms with Crippen LogP contribution in [-0.2, 0) is 6.42 Å². The predicted molar refractivity (Wildman–Crippen MR) is 73.3 cm³/mol. The number of nitrogens with zero attached hydrogens (tertiary/aromatic N) is 2. The molecule has 0 saturated carbocycles. The van der Waals surface area contributed by atoms with Crippen molar-refractivity contribution < 1.29 is 14.7 Å². The summed E-state index contributed by atoms with van der Waals surface area (Å²) in [4.78, 5) is 30.4. The molecule has 0 aliphatic heterocycles. The van der Waals surface area contributed by atoms with Crippen LogP contribution < -0.4 is 0 Å². The van der Waals surface area contributed by atoms with Crippen molar-refractivity contribution in [1.29, 1.82) is 0 Å². The molecule has 5 nitrogen and oxygen atoms in total. The highest BCUT2D eigenvalue weighted by Gasteiger charge is 2.17. The zero-order valence-corrected chi connectivity index (χ0v) is 11.4. The standard InChI is InChI=1S/C14H11ClN2O3/c1-8(18)11-7-16-12(17-13(11)14(19)20)6-9-3-2-4-10(15)5-9/h2-5,7H,6H2,1H3,(H,19,20). The van der Waals surface area contributed by atoms with Gasteiger partial charge in [0.15, 0.2) is 11.5 Å². The van der Waals surface area contributed by atoms with Gasteiger partial charge in [0.25, 0.3) is 0 Å². The van der Waals surface area contributed by atoms with Gasteiger partial charge in [-0.2, -0.15) is 0 Å². The normalized spacial score (nSPS) is 10.3. The maximum absolute atomic E-state index is 11.3. The minimum atomic E-state index is -1.25. The van der Waals surface area contributed by atoms with Gasteiger partial charge in [-0.3, -0.25) is 4.79 Å². The second-order valence-corrected chi connectivity index (χ2v) is 4.65. The van der Waals surface area contributed by atoms with E-state index in [-0.39, 0.29) is 17.0 Å². The number of Topliss-reactive ketones (excluding diaryl/α,β-unsaturated/α-hetero) is 1. The molecule has 102 valence electrons. The van der Waals surface area contributed by atoms with Crippen LogP contribution in [0.5, 0.6) is 0 Å². The number of hydrogen-bond acceptors (Lipinski definition) is 4. The largest absolute Gasteiger partial charge is 0.476 e. The quantitative estimate of drug-likeness (QED) is 0.876. The number of halogens is 1. The van der Waals surface area contributed by atoms with E-state index in [1.807, 2.05) is 6.07 Å². The highest BCUT2D eigenvalue weighted by Crippen LogP contribution is 2.14. The summed E-state index contributed by atoms with van der Waals surface area (Å²) in [5.74, 6) is -1.30. The van der Waals surface area contributed by atoms with Crippen molar-refractivity contribution in [3.8, 4) is 0 Å². The molecule has 0 atom stereocenters. The van der Waals surface area contributed by atoms with Gasteiger partial charge in [0.05, 0.1) is 5.56 Å². The van der Waals surface area contributed by atoms with E-state index in [1.54, 1.807) is 18.2 Å². The van der Waals surface area contributed by atoms with Gasteiger partial charge in [0.1, 0.15) is 5.82 Å². The van der Waals surface area contributed by atoms with Gasteiger partial charge >= 0.3 is 5.97 Å². The molecule has 0 saturated heterocycles. The number of aromatic carboxylic acids is 1. The van der Waals surface area contributed by atoms with E-state index in [4.69, 9.17) is 16.7 Å². The lowest BCUT2D eigenvalue weighted by Crippen LogP contribution is -2.12. The predicted octanol–water partition coefficient (Wildman–Crippen LogP) is 2.62. The number of rotatable bonds is 4. The maximum atomic E-state index is 11.3. The smallest absolute Gasteiger partial charge is 0.355 e. The lowest BCUT2D eigenvalue weighted by molar-refractivity contribution is 0.0685. The summed E-state index contributed by atoms with van der Waals surface area (Å²) in [6.07, 6.45) is 1.59. The van der Waals surface area contributed by atoms with Gasteiger partial charge in [0.2, 0.25) is 0 Å². The molecule has 0 radical (unpaired) electrons. The highest BCUT2D eigenvalue weighted by molar-refractivity contribution is 6.30. The summed E-state index contributed by atoms with van der Waals surface area (Å²) in [5, 5.41) is 9.67. The van der Waals surface area contributed by atoms with Crippen molar-refractivity contribution in [3.63, 3.8) is 0 Å². The number of carbonyl (C=O) groups excluding carboxylic acids is 1. The number of benzene rings is 1. The third-order valence-electron chi connectivity index (χ3n) is 2.67. The molecule has 0 aliphatic carbocycles. The molecule has 0 unspecified atom stereocenters. The summed E-state index contributed by atoms with van der Waals surface area (Å²) in [6.45, 7) is 1.28. The molecular weight excluding hydrogens is 280 g/mol. The number of hydrogen-bond donors (Lipinski definition) is 1. The lowest BCUT2D eigenvalue weighted by Gasteiger charge is -2.05. The van der Waals surface area contributed by atoms with E-state index in [0.29, 0.717) is 17.3 Å². The fourth-order valence-electron chi connectivity index (χ4n) is 1.75. The van der Waals surface area contributed by atoms with E-state index in [0.717, 1.165) is 5.56 Å². The molecule has 1 heterocycles. The minimum absolute atomic E-state index is 0.00680. The van der Waals surface area contributed by atoms with E-state index in [1.165, 1.54) is 13.1 Å². The number of aromatic nitrogens is 2. The Morgan fingerprint density at radius 1 is 1.35 bits per heavy atom. The number of ketones is 1. The maximum Gasteiger partial charge on any atom is 0.355 e. The van der Waals surface area contributed by atoms with Crippen molar-refractivity contribution >= 4 is 23.4 Å². The first-order chi connectivity index (χ1) is 9.47. The van der Waals surface area contributed by atoms with Gasteiger partial charge < -0.3 is 5.11 Å². The molecule has 2 aromatic rings. The summed E-state index contributed by atoms with van der Waals surface area (Å²) < 4.78 is 0. The van der Waals surface area contributed by atoms with Crippen LogP contribution in [0.3, 0.4) is 0 Å². The Hall–Kier alpha value is -2.27.